The third-order valence-corrected chi connectivity index (χ3v) is 5.75. The number of aromatic nitrogens is 1. The van der Waals surface area contributed by atoms with Crippen molar-refractivity contribution in [1.82, 2.24) is 9.88 Å². The summed E-state index contributed by atoms with van der Waals surface area (Å²) in [6.45, 7) is 2.32. The number of piperazine rings is 1. The molecule has 6 heteroatoms. The maximum Gasteiger partial charge on any atom is 0.256 e. The highest BCUT2D eigenvalue weighted by Crippen LogP contribution is 2.29. The summed E-state index contributed by atoms with van der Waals surface area (Å²) in [4.78, 5) is 22.4. The van der Waals surface area contributed by atoms with Gasteiger partial charge in [-0.25, -0.2) is 9.37 Å². The molecule has 1 amide bonds. The Hall–Kier alpha value is -2.86. The summed E-state index contributed by atoms with van der Waals surface area (Å²) >= 11 is 1.49. The zero-order valence-electron chi connectivity index (χ0n) is 15.3. The second-order valence-electron chi connectivity index (χ2n) is 6.50. The van der Waals surface area contributed by atoms with Crippen LogP contribution in [0.25, 0.3) is 0 Å². The van der Waals surface area contributed by atoms with Gasteiger partial charge in [0.05, 0.1) is 11.3 Å². The predicted molar refractivity (Wildman–Crippen MR) is 109 cm³/mol. The van der Waals surface area contributed by atoms with Crippen LogP contribution in [0.5, 0.6) is 0 Å². The molecule has 1 saturated heterocycles. The summed E-state index contributed by atoms with van der Waals surface area (Å²) < 4.78 is 14.0. The van der Waals surface area contributed by atoms with Crippen molar-refractivity contribution in [2.75, 3.05) is 31.1 Å². The van der Waals surface area contributed by atoms with Gasteiger partial charge in [-0.15, -0.1) is 0 Å². The minimum Gasteiger partial charge on any atom is -0.366 e. The lowest BCUT2D eigenvalue weighted by molar-refractivity contribution is 0.0742. The van der Waals surface area contributed by atoms with Crippen molar-refractivity contribution in [2.45, 2.75) is 9.92 Å². The first-order valence-corrected chi connectivity index (χ1v) is 10.0. The maximum absolute atomic E-state index is 14.0. The average molecular weight is 393 g/mol. The lowest BCUT2D eigenvalue weighted by Gasteiger charge is -2.36. The van der Waals surface area contributed by atoms with Gasteiger partial charge in [0.1, 0.15) is 10.8 Å². The van der Waals surface area contributed by atoms with Crippen LogP contribution in [-0.4, -0.2) is 42.0 Å². The lowest BCUT2D eigenvalue weighted by atomic mass is 10.2. The molecule has 3 aromatic rings. The molecule has 142 valence electrons. The number of pyridine rings is 1. The van der Waals surface area contributed by atoms with E-state index < -0.39 is 0 Å². The summed E-state index contributed by atoms with van der Waals surface area (Å²) in [5.74, 6) is -0.254. The van der Waals surface area contributed by atoms with Gasteiger partial charge in [0.15, 0.2) is 0 Å². The Morgan fingerprint density at radius 3 is 2.36 bits per heavy atom. The summed E-state index contributed by atoms with van der Waals surface area (Å²) in [5, 5.41) is 0.704. The van der Waals surface area contributed by atoms with Crippen LogP contribution in [0.15, 0.2) is 82.8 Å². The Labute approximate surface area is 168 Å². The number of hydrogen-bond donors (Lipinski definition) is 0. The number of hydrogen-bond acceptors (Lipinski definition) is 4. The summed E-state index contributed by atoms with van der Waals surface area (Å²) in [6.07, 6.45) is 1.71. The summed E-state index contributed by atoms with van der Waals surface area (Å²) in [5.41, 5.74) is 1.20. The zero-order valence-corrected chi connectivity index (χ0v) is 16.1. The number of rotatable bonds is 4. The van der Waals surface area contributed by atoms with Crippen molar-refractivity contribution in [2.24, 2.45) is 0 Å². The first kappa shape index (κ1) is 18.5. The monoisotopic (exact) mass is 393 g/mol. The molecule has 1 aliphatic heterocycles. The van der Waals surface area contributed by atoms with Crippen molar-refractivity contribution in [3.8, 4) is 0 Å². The number of benzene rings is 2. The largest absolute Gasteiger partial charge is 0.366 e. The van der Waals surface area contributed by atoms with E-state index in [-0.39, 0.29) is 11.7 Å². The standard InChI is InChI=1S/C22H20FN3OS/c23-19-10-4-5-11-20(19)25-13-15-26(16-14-25)22(27)18-9-6-12-24-21(18)28-17-7-2-1-3-8-17/h1-12H,13-16H2. The van der Waals surface area contributed by atoms with Crippen molar-refractivity contribution in [3.05, 3.63) is 84.3 Å². The van der Waals surface area contributed by atoms with Crippen molar-refractivity contribution in [3.63, 3.8) is 0 Å². The summed E-state index contributed by atoms with van der Waals surface area (Å²) in [6, 6.07) is 20.3. The van der Waals surface area contributed by atoms with Crippen LogP contribution < -0.4 is 4.90 Å². The molecule has 4 rings (SSSR count). The highest BCUT2D eigenvalue weighted by Gasteiger charge is 2.25. The van der Waals surface area contributed by atoms with Gasteiger partial charge in [-0.2, -0.15) is 0 Å². The Morgan fingerprint density at radius 2 is 1.61 bits per heavy atom. The molecule has 0 saturated carbocycles. The van der Waals surface area contributed by atoms with Crippen LogP contribution >= 0.6 is 11.8 Å². The Bertz CT molecular complexity index is 959. The van der Waals surface area contributed by atoms with E-state index in [1.54, 1.807) is 24.4 Å². The molecule has 0 atom stereocenters. The molecule has 28 heavy (non-hydrogen) atoms. The third kappa shape index (κ3) is 4.02. The van der Waals surface area contributed by atoms with Gasteiger partial charge in [0.25, 0.3) is 5.91 Å². The van der Waals surface area contributed by atoms with Gasteiger partial charge in [-0.1, -0.05) is 42.1 Å². The van der Waals surface area contributed by atoms with Crippen LogP contribution in [-0.2, 0) is 0 Å². The number of nitrogens with zero attached hydrogens (tertiary/aromatic N) is 3. The molecule has 1 aliphatic rings. The minimum atomic E-state index is -0.226. The third-order valence-electron chi connectivity index (χ3n) is 4.72. The Balaban J connectivity index is 1.47. The number of carbonyl (C=O) groups is 1. The van der Waals surface area contributed by atoms with E-state index >= 15 is 0 Å². The predicted octanol–water partition coefficient (Wildman–Crippen LogP) is 4.33. The molecule has 0 bridgehead atoms. The molecule has 0 unspecified atom stereocenters. The molecule has 0 spiro atoms. The second-order valence-corrected chi connectivity index (χ2v) is 7.56. The molecule has 2 heterocycles. The van der Waals surface area contributed by atoms with E-state index in [4.69, 9.17) is 0 Å². The van der Waals surface area contributed by atoms with Crippen LogP contribution in [0.2, 0.25) is 0 Å². The topological polar surface area (TPSA) is 36.4 Å². The normalized spacial score (nSPS) is 14.2. The molecule has 4 nitrogen and oxygen atoms in total. The average Bonchev–Trinajstić information content (AvgIpc) is 2.75. The molecule has 0 aliphatic carbocycles. The van der Waals surface area contributed by atoms with Gasteiger partial charge < -0.3 is 9.80 Å². The number of anilines is 1. The lowest BCUT2D eigenvalue weighted by Crippen LogP contribution is -2.49. The van der Waals surface area contributed by atoms with Gasteiger partial charge in [0, 0.05) is 37.3 Å². The highest BCUT2D eigenvalue weighted by atomic mass is 32.2. The molecule has 0 N–H and O–H groups in total. The van der Waals surface area contributed by atoms with Crippen molar-refractivity contribution in [1.29, 1.82) is 0 Å². The molecular formula is C22H20FN3OS. The van der Waals surface area contributed by atoms with Gasteiger partial charge in [-0.3, -0.25) is 4.79 Å². The van der Waals surface area contributed by atoms with E-state index in [1.807, 2.05) is 52.3 Å². The van der Waals surface area contributed by atoms with Gasteiger partial charge in [0.2, 0.25) is 0 Å². The first-order valence-electron chi connectivity index (χ1n) is 9.19. The quantitative estimate of drug-likeness (QED) is 0.661. The maximum atomic E-state index is 14.0. The van der Waals surface area contributed by atoms with Gasteiger partial charge >= 0.3 is 0 Å². The van der Waals surface area contributed by atoms with Gasteiger partial charge in [-0.05, 0) is 36.4 Å². The number of halogens is 1. The number of amides is 1. The van der Waals surface area contributed by atoms with E-state index in [9.17, 15) is 9.18 Å². The minimum absolute atomic E-state index is 0.0280. The van der Waals surface area contributed by atoms with Crippen molar-refractivity contribution >= 4 is 23.4 Å². The van der Waals surface area contributed by atoms with Crippen LogP contribution in [0.1, 0.15) is 10.4 Å². The van der Waals surface area contributed by atoms with Crippen molar-refractivity contribution < 1.29 is 9.18 Å². The molecule has 2 aromatic carbocycles. The Kier molecular flexibility index (Phi) is 5.58. The number of carbonyl (C=O) groups excluding carboxylic acids is 1. The first-order chi connectivity index (χ1) is 13.7. The van der Waals surface area contributed by atoms with E-state index in [2.05, 4.69) is 4.98 Å². The molecule has 1 aromatic heterocycles. The van der Waals surface area contributed by atoms with E-state index in [1.165, 1.54) is 17.8 Å². The smallest absolute Gasteiger partial charge is 0.256 e. The number of para-hydroxylation sites is 1. The molecule has 0 radical (unpaired) electrons. The molecule has 1 fully saturated rings. The van der Waals surface area contributed by atoms with Crippen LogP contribution in [0, 0.1) is 5.82 Å². The zero-order chi connectivity index (χ0) is 19.3. The van der Waals surface area contributed by atoms with Crippen LogP contribution in [0.4, 0.5) is 10.1 Å². The second kappa shape index (κ2) is 8.44. The van der Waals surface area contributed by atoms with E-state index in [0.717, 1.165) is 4.90 Å². The highest BCUT2D eigenvalue weighted by molar-refractivity contribution is 7.99. The Morgan fingerprint density at radius 1 is 0.893 bits per heavy atom. The SMILES string of the molecule is O=C(c1cccnc1Sc1ccccc1)N1CCN(c2ccccc2F)CC1. The van der Waals surface area contributed by atoms with Crippen LogP contribution in [0.3, 0.4) is 0 Å². The molecular weight excluding hydrogens is 373 g/mol. The fourth-order valence-electron chi connectivity index (χ4n) is 3.26. The van der Waals surface area contributed by atoms with E-state index in [0.29, 0.717) is 42.5 Å². The summed E-state index contributed by atoms with van der Waals surface area (Å²) in [7, 11) is 0. The fourth-order valence-corrected chi connectivity index (χ4v) is 4.16. The fraction of sp³-hybridized carbons (Fsp3) is 0.182.